The molecule has 4 bridgehead atoms. The Balaban J connectivity index is 1.99. The van der Waals surface area contributed by atoms with Crippen molar-refractivity contribution in [2.45, 2.75) is 82.1 Å². The monoisotopic (exact) mass is 522 g/mol. The zero-order valence-corrected chi connectivity index (χ0v) is 19.6. The van der Waals surface area contributed by atoms with E-state index >= 15 is 0 Å². The van der Waals surface area contributed by atoms with Gasteiger partial charge in [-0.15, -0.1) is 0 Å². The molecule has 1 atom stereocenters. The summed E-state index contributed by atoms with van der Waals surface area (Å²) in [6, 6.07) is 0. The van der Waals surface area contributed by atoms with E-state index in [0.717, 1.165) is 19.3 Å². The first-order valence-electron chi connectivity index (χ1n) is 10.7. The summed E-state index contributed by atoms with van der Waals surface area (Å²) >= 11 is 0. The van der Waals surface area contributed by atoms with Crippen LogP contribution in [0, 0.1) is 23.2 Å². The van der Waals surface area contributed by atoms with Crippen LogP contribution < -0.4 is 0 Å². The van der Waals surface area contributed by atoms with Gasteiger partial charge in [0.05, 0.1) is 5.41 Å². The molecular weight excluding hydrogens is 495 g/mol. The van der Waals surface area contributed by atoms with Gasteiger partial charge in [-0.1, -0.05) is 0 Å². The summed E-state index contributed by atoms with van der Waals surface area (Å²) in [5.41, 5.74) is -2.93. The van der Waals surface area contributed by atoms with Crippen LogP contribution in [0.1, 0.15) is 59.3 Å². The summed E-state index contributed by atoms with van der Waals surface area (Å²) in [7, 11) is -6.21. The Morgan fingerprint density at radius 2 is 1.35 bits per heavy atom. The summed E-state index contributed by atoms with van der Waals surface area (Å²) in [6.07, 6.45) is -2.80. The first-order chi connectivity index (χ1) is 15.2. The van der Waals surface area contributed by atoms with Crippen molar-refractivity contribution in [2.24, 2.45) is 23.2 Å². The van der Waals surface area contributed by atoms with E-state index in [9.17, 15) is 40.0 Å². The Morgan fingerprint density at radius 3 is 1.71 bits per heavy atom. The van der Waals surface area contributed by atoms with Gasteiger partial charge in [-0.05, 0) is 77.0 Å². The maximum Gasteiger partial charge on any atom is 0.468 e. The van der Waals surface area contributed by atoms with Gasteiger partial charge in [0.2, 0.25) is 0 Å². The van der Waals surface area contributed by atoms with E-state index in [2.05, 4.69) is 14.2 Å². The van der Waals surface area contributed by atoms with Gasteiger partial charge in [0, 0.05) is 0 Å². The molecule has 0 aromatic rings. The van der Waals surface area contributed by atoms with Crippen LogP contribution in [0.4, 0.5) is 22.0 Å². The molecular formula is C20H27F5O8S. The Hall–Kier alpha value is -1.54. The number of carbonyl (C=O) groups is 2. The zero-order valence-electron chi connectivity index (χ0n) is 18.8. The highest BCUT2D eigenvalue weighted by atomic mass is 32.2. The second-order valence-electron chi connectivity index (χ2n) is 10.6. The Bertz CT molecular complexity index is 904. The molecule has 34 heavy (non-hydrogen) atoms. The molecule has 4 aliphatic carbocycles. The second-order valence-corrected chi connectivity index (χ2v) is 12.2. The van der Waals surface area contributed by atoms with Crippen molar-refractivity contribution in [2.75, 3.05) is 6.61 Å². The quantitative estimate of drug-likeness (QED) is 0.232. The van der Waals surface area contributed by atoms with Gasteiger partial charge in [0.15, 0.2) is 0 Å². The first-order valence-corrected chi connectivity index (χ1v) is 12.2. The normalized spacial score (nSPS) is 31.1. The number of hydrogen-bond donors (Lipinski definition) is 1. The summed E-state index contributed by atoms with van der Waals surface area (Å²) in [4.78, 5) is 25.8. The lowest BCUT2D eigenvalue weighted by Crippen LogP contribution is -2.62. The van der Waals surface area contributed by atoms with Crippen molar-refractivity contribution in [3.05, 3.63) is 0 Å². The van der Waals surface area contributed by atoms with Crippen LogP contribution in [-0.4, -0.2) is 54.3 Å². The third-order valence-electron chi connectivity index (χ3n) is 6.57. The molecule has 0 amide bonds. The number of hydrogen-bond acceptors (Lipinski definition) is 7. The van der Waals surface area contributed by atoms with Gasteiger partial charge >= 0.3 is 39.3 Å². The van der Waals surface area contributed by atoms with Crippen molar-refractivity contribution < 1.29 is 58.7 Å². The minimum Gasteiger partial charge on any atom is -0.455 e. The third-order valence-corrected chi connectivity index (χ3v) is 7.44. The molecule has 1 unspecified atom stereocenters. The number of halogens is 5. The lowest BCUT2D eigenvalue weighted by molar-refractivity contribution is -0.366. The van der Waals surface area contributed by atoms with E-state index in [1.807, 2.05) is 0 Å². The molecule has 0 spiro atoms. The van der Waals surface area contributed by atoms with Crippen LogP contribution >= 0.6 is 0 Å². The molecule has 4 aliphatic rings. The minimum absolute atomic E-state index is 0.0883. The van der Waals surface area contributed by atoms with Crippen molar-refractivity contribution in [1.29, 1.82) is 0 Å². The van der Waals surface area contributed by atoms with Crippen LogP contribution in [-0.2, 0) is 33.9 Å². The average molecular weight is 522 g/mol. The number of alkyl halides is 5. The molecule has 4 fully saturated rings. The van der Waals surface area contributed by atoms with E-state index in [-0.39, 0.29) is 37.0 Å². The molecule has 0 aromatic carbocycles. The van der Waals surface area contributed by atoms with E-state index in [1.165, 1.54) is 20.8 Å². The van der Waals surface area contributed by atoms with Gasteiger partial charge in [0.25, 0.3) is 0 Å². The summed E-state index contributed by atoms with van der Waals surface area (Å²) in [5.74, 6) is -8.20. The largest absolute Gasteiger partial charge is 0.468 e. The predicted molar refractivity (Wildman–Crippen MR) is 104 cm³/mol. The topological polar surface area (TPSA) is 116 Å². The molecule has 0 aromatic heterocycles. The molecule has 196 valence electrons. The van der Waals surface area contributed by atoms with E-state index in [0.29, 0.717) is 0 Å². The van der Waals surface area contributed by atoms with Crippen LogP contribution in [0.15, 0.2) is 0 Å². The van der Waals surface area contributed by atoms with Crippen molar-refractivity contribution in [3.8, 4) is 0 Å². The maximum atomic E-state index is 14.2. The molecule has 0 radical (unpaired) electrons. The number of carbonyl (C=O) groups excluding carboxylic acids is 2. The van der Waals surface area contributed by atoms with Gasteiger partial charge in [-0.25, -0.2) is 4.79 Å². The highest BCUT2D eigenvalue weighted by molar-refractivity contribution is 7.86. The highest BCUT2D eigenvalue weighted by Gasteiger charge is 2.71. The SMILES string of the molecule is CC(C)(C)OC(=O)C(OCC(F)(F)S(=O)(=O)O)(OC(=O)C12CC3CC(CC(C3)C1)C2)C(F)(F)F. The lowest BCUT2D eigenvalue weighted by Gasteiger charge is -2.55. The fourth-order valence-electron chi connectivity index (χ4n) is 5.59. The summed E-state index contributed by atoms with van der Waals surface area (Å²) < 4.78 is 114. The fourth-order valence-corrected chi connectivity index (χ4v) is 5.80. The first kappa shape index (κ1) is 27.1. The second kappa shape index (κ2) is 8.26. The van der Waals surface area contributed by atoms with Gasteiger partial charge in [-0.2, -0.15) is 30.4 Å². The molecule has 0 aliphatic heterocycles. The molecule has 8 nitrogen and oxygen atoms in total. The van der Waals surface area contributed by atoms with Gasteiger partial charge in [-0.3, -0.25) is 9.35 Å². The maximum absolute atomic E-state index is 14.2. The molecule has 14 heteroatoms. The Labute approximate surface area is 193 Å². The summed E-state index contributed by atoms with van der Waals surface area (Å²) in [5, 5.41) is -5.24. The van der Waals surface area contributed by atoms with Crippen molar-refractivity contribution in [3.63, 3.8) is 0 Å². The lowest BCUT2D eigenvalue weighted by atomic mass is 9.49. The van der Waals surface area contributed by atoms with Crippen molar-refractivity contribution in [1.82, 2.24) is 0 Å². The Kier molecular flexibility index (Phi) is 6.57. The highest BCUT2D eigenvalue weighted by Crippen LogP contribution is 2.61. The molecule has 1 N–H and O–H groups in total. The van der Waals surface area contributed by atoms with Crippen LogP contribution in [0.3, 0.4) is 0 Å². The molecule has 4 rings (SSSR count). The minimum atomic E-state index is -6.21. The van der Waals surface area contributed by atoms with Gasteiger partial charge in [0.1, 0.15) is 12.2 Å². The Morgan fingerprint density at radius 1 is 0.912 bits per heavy atom. The van der Waals surface area contributed by atoms with Crippen LogP contribution in [0.5, 0.6) is 0 Å². The van der Waals surface area contributed by atoms with Crippen LogP contribution in [0.25, 0.3) is 0 Å². The smallest absolute Gasteiger partial charge is 0.455 e. The van der Waals surface area contributed by atoms with Gasteiger partial charge < -0.3 is 14.2 Å². The molecule has 0 saturated heterocycles. The van der Waals surface area contributed by atoms with Crippen LogP contribution in [0.2, 0.25) is 0 Å². The zero-order chi connectivity index (χ0) is 26.0. The van der Waals surface area contributed by atoms with E-state index in [4.69, 9.17) is 4.55 Å². The summed E-state index contributed by atoms with van der Waals surface area (Å²) in [6.45, 7) is 0.915. The van der Waals surface area contributed by atoms with E-state index < -0.39 is 56.9 Å². The number of rotatable bonds is 7. The molecule has 4 saturated carbocycles. The number of ether oxygens (including phenoxy) is 3. The number of esters is 2. The van der Waals surface area contributed by atoms with E-state index in [1.54, 1.807) is 0 Å². The fraction of sp³-hybridized carbons (Fsp3) is 0.900. The van der Waals surface area contributed by atoms with Crippen molar-refractivity contribution >= 4 is 22.1 Å². The molecule has 0 heterocycles. The third kappa shape index (κ3) is 5.03. The average Bonchev–Trinajstić information content (AvgIpc) is 2.60. The standard InChI is InChI=1S/C20H27F5O8S/c1-16(2,3)32-15(27)19(20(23,24)25,31-10-18(21,22)34(28,29)30)33-14(26)17-7-11-4-12(8-17)6-13(5-11)9-17/h11-13H,4-10H2,1-3H3,(H,28,29,30). The predicted octanol–water partition coefficient (Wildman–Crippen LogP) is 3.84.